The van der Waals surface area contributed by atoms with Crippen molar-refractivity contribution in [3.8, 4) is 0 Å². The summed E-state index contributed by atoms with van der Waals surface area (Å²) in [7, 11) is -3.74. The average molecular weight is 440 g/mol. The van der Waals surface area contributed by atoms with Crippen LogP contribution in [-0.2, 0) is 23.1 Å². The van der Waals surface area contributed by atoms with Gasteiger partial charge in [0.1, 0.15) is 5.82 Å². The van der Waals surface area contributed by atoms with Crippen molar-refractivity contribution in [3.63, 3.8) is 0 Å². The molecule has 160 valence electrons. The highest BCUT2D eigenvalue weighted by atomic mass is 32.2. The highest BCUT2D eigenvalue weighted by Gasteiger charge is 2.14. The van der Waals surface area contributed by atoms with Gasteiger partial charge in [0.05, 0.1) is 4.90 Å². The molecule has 0 fully saturated rings. The summed E-state index contributed by atoms with van der Waals surface area (Å²) in [5, 5.41) is 2.71. The molecular formula is C23H21FN2O4S. The number of rotatable bonds is 8. The third-order valence-electron chi connectivity index (χ3n) is 4.60. The van der Waals surface area contributed by atoms with Crippen molar-refractivity contribution in [1.82, 2.24) is 10.0 Å². The molecule has 0 aliphatic heterocycles. The zero-order valence-corrected chi connectivity index (χ0v) is 17.6. The normalized spacial score (nSPS) is 11.2. The first-order valence-corrected chi connectivity index (χ1v) is 11.0. The minimum absolute atomic E-state index is 0.0436. The minimum atomic E-state index is -3.74. The Kier molecular flexibility index (Phi) is 6.94. The Morgan fingerprint density at radius 1 is 0.839 bits per heavy atom. The molecule has 0 heterocycles. The lowest BCUT2D eigenvalue weighted by molar-refractivity contribution is 0.0949. The van der Waals surface area contributed by atoms with Crippen LogP contribution in [0.3, 0.4) is 0 Å². The van der Waals surface area contributed by atoms with Crippen LogP contribution in [0.2, 0.25) is 0 Å². The minimum Gasteiger partial charge on any atom is -0.348 e. The molecule has 0 aromatic heterocycles. The van der Waals surface area contributed by atoms with E-state index in [9.17, 15) is 22.4 Å². The second-order valence-corrected chi connectivity index (χ2v) is 8.68. The van der Waals surface area contributed by atoms with Gasteiger partial charge in [0.25, 0.3) is 5.91 Å². The van der Waals surface area contributed by atoms with Gasteiger partial charge in [-0.25, -0.2) is 17.5 Å². The number of hydrogen-bond donors (Lipinski definition) is 2. The molecule has 8 heteroatoms. The Labute approximate surface area is 180 Å². The highest BCUT2D eigenvalue weighted by molar-refractivity contribution is 7.89. The molecule has 31 heavy (non-hydrogen) atoms. The first-order chi connectivity index (χ1) is 14.7. The third kappa shape index (κ3) is 6.07. The van der Waals surface area contributed by atoms with Gasteiger partial charge < -0.3 is 5.32 Å². The molecule has 6 nitrogen and oxygen atoms in total. The SMILES string of the molecule is CC(=O)c1ccc(S(=O)(=O)NCc2ccc(C(=O)NCc3cccc(F)c3)cc2)cc1. The lowest BCUT2D eigenvalue weighted by Crippen LogP contribution is -2.24. The Morgan fingerprint density at radius 2 is 1.48 bits per heavy atom. The van der Waals surface area contributed by atoms with Gasteiger partial charge in [0.2, 0.25) is 10.0 Å². The van der Waals surface area contributed by atoms with Crippen LogP contribution in [0.4, 0.5) is 4.39 Å². The summed E-state index contributed by atoms with van der Waals surface area (Å²) in [6.07, 6.45) is 0. The number of halogens is 1. The van der Waals surface area contributed by atoms with E-state index < -0.39 is 10.0 Å². The van der Waals surface area contributed by atoms with Crippen molar-refractivity contribution in [3.05, 3.63) is 101 Å². The second kappa shape index (κ2) is 9.63. The molecule has 0 saturated carbocycles. The fraction of sp³-hybridized carbons (Fsp3) is 0.130. The van der Waals surface area contributed by atoms with Crippen LogP contribution in [0.5, 0.6) is 0 Å². The van der Waals surface area contributed by atoms with Crippen LogP contribution in [0.15, 0.2) is 77.7 Å². The molecule has 3 aromatic carbocycles. The maximum absolute atomic E-state index is 13.2. The molecule has 0 atom stereocenters. The van der Waals surface area contributed by atoms with Crippen LogP contribution in [0.1, 0.15) is 38.8 Å². The monoisotopic (exact) mass is 440 g/mol. The van der Waals surface area contributed by atoms with Gasteiger partial charge in [-0.05, 0) is 54.4 Å². The number of hydrogen-bond acceptors (Lipinski definition) is 4. The first-order valence-electron chi connectivity index (χ1n) is 9.47. The average Bonchev–Trinajstić information content (AvgIpc) is 2.76. The molecule has 0 unspecified atom stereocenters. The van der Waals surface area contributed by atoms with E-state index in [1.807, 2.05) is 0 Å². The number of Topliss-reactive ketones (excluding diaryl/α,β-unsaturated/α-hetero) is 1. The summed E-state index contributed by atoms with van der Waals surface area (Å²) in [6.45, 7) is 1.65. The van der Waals surface area contributed by atoms with E-state index in [2.05, 4.69) is 10.0 Å². The lowest BCUT2D eigenvalue weighted by Gasteiger charge is -2.09. The molecule has 0 saturated heterocycles. The summed E-state index contributed by atoms with van der Waals surface area (Å²) >= 11 is 0. The molecule has 0 aliphatic rings. The van der Waals surface area contributed by atoms with Crippen LogP contribution >= 0.6 is 0 Å². The molecule has 0 radical (unpaired) electrons. The number of sulfonamides is 1. The third-order valence-corrected chi connectivity index (χ3v) is 6.01. The summed E-state index contributed by atoms with van der Waals surface area (Å²) < 4.78 is 40.5. The van der Waals surface area contributed by atoms with E-state index >= 15 is 0 Å². The molecular weight excluding hydrogens is 419 g/mol. The lowest BCUT2D eigenvalue weighted by atomic mass is 10.1. The number of nitrogens with one attached hydrogen (secondary N) is 2. The van der Waals surface area contributed by atoms with Gasteiger partial charge in [-0.1, -0.05) is 36.4 Å². The quantitative estimate of drug-likeness (QED) is 0.525. The Morgan fingerprint density at radius 3 is 2.10 bits per heavy atom. The molecule has 0 aliphatic carbocycles. The molecule has 3 rings (SSSR count). The van der Waals surface area contributed by atoms with E-state index in [1.54, 1.807) is 36.4 Å². The number of carbonyl (C=O) groups excluding carboxylic acids is 2. The molecule has 0 bridgehead atoms. The van der Waals surface area contributed by atoms with Crippen molar-refractivity contribution in [2.45, 2.75) is 24.9 Å². The van der Waals surface area contributed by atoms with Crippen molar-refractivity contribution in [2.75, 3.05) is 0 Å². The Hall–Kier alpha value is -3.36. The number of amides is 1. The van der Waals surface area contributed by atoms with Gasteiger partial charge in [-0.2, -0.15) is 0 Å². The molecule has 2 N–H and O–H groups in total. The van der Waals surface area contributed by atoms with Crippen LogP contribution in [0, 0.1) is 5.82 Å². The van der Waals surface area contributed by atoms with Crippen LogP contribution in [-0.4, -0.2) is 20.1 Å². The maximum atomic E-state index is 13.2. The second-order valence-electron chi connectivity index (χ2n) is 6.91. The van der Waals surface area contributed by atoms with Gasteiger partial charge in [-0.3, -0.25) is 9.59 Å². The first kappa shape index (κ1) is 22.3. The maximum Gasteiger partial charge on any atom is 0.251 e. The summed E-state index contributed by atoms with van der Waals surface area (Å²) in [4.78, 5) is 23.6. The largest absolute Gasteiger partial charge is 0.348 e. The number of benzene rings is 3. The van der Waals surface area contributed by atoms with Gasteiger partial charge >= 0.3 is 0 Å². The van der Waals surface area contributed by atoms with Crippen molar-refractivity contribution in [1.29, 1.82) is 0 Å². The fourth-order valence-corrected chi connectivity index (χ4v) is 3.85. The molecule has 3 aromatic rings. The fourth-order valence-electron chi connectivity index (χ4n) is 2.84. The Bertz CT molecular complexity index is 1190. The highest BCUT2D eigenvalue weighted by Crippen LogP contribution is 2.12. The van der Waals surface area contributed by atoms with Crippen LogP contribution in [0.25, 0.3) is 0 Å². The van der Waals surface area contributed by atoms with Crippen LogP contribution < -0.4 is 10.0 Å². The number of ketones is 1. The zero-order valence-electron chi connectivity index (χ0n) is 16.8. The summed E-state index contributed by atoms with van der Waals surface area (Å²) in [5.74, 6) is -0.827. The Balaban J connectivity index is 1.57. The van der Waals surface area contributed by atoms with E-state index in [4.69, 9.17) is 0 Å². The molecule has 1 amide bonds. The van der Waals surface area contributed by atoms with Crippen molar-refractivity contribution >= 4 is 21.7 Å². The van der Waals surface area contributed by atoms with E-state index in [0.717, 1.165) is 0 Å². The zero-order chi connectivity index (χ0) is 22.4. The predicted molar refractivity (Wildman–Crippen MR) is 114 cm³/mol. The van der Waals surface area contributed by atoms with Crippen molar-refractivity contribution in [2.24, 2.45) is 0 Å². The predicted octanol–water partition coefficient (Wildman–Crippen LogP) is 3.44. The van der Waals surface area contributed by atoms with Gasteiger partial charge in [0.15, 0.2) is 5.78 Å². The van der Waals surface area contributed by atoms with E-state index in [-0.39, 0.29) is 35.5 Å². The van der Waals surface area contributed by atoms with Gasteiger partial charge in [-0.15, -0.1) is 0 Å². The van der Waals surface area contributed by atoms with Crippen molar-refractivity contribution < 1.29 is 22.4 Å². The summed E-state index contributed by atoms with van der Waals surface area (Å²) in [5.41, 5.74) is 2.16. The molecule has 0 spiro atoms. The number of carbonyl (C=O) groups is 2. The van der Waals surface area contributed by atoms with E-state index in [1.165, 1.54) is 43.3 Å². The standard InChI is InChI=1S/C23H21FN2O4S/c1-16(27)19-9-11-22(12-10-19)31(29,30)26-15-17-5-7-20(8-6-17)23(28)25-14-18-3-2-4-21(24)13-18/h2-13,26H,14-15H2,1H3,(H,25,28). The topological polar surface area (TPSA) is 92.3 Å². The summed E-state index contributed by atoms with van der Waals surface area (Å²) in [6, 6.07) is 18.1. The van der Waals surface area contributed by atoms with E-state index in [0.29, 0.717) is 22.3 Å². The van der Waals surface area contributed by atoms with Gasteiger partial charge in [0, 0.05) is 24.2 Å². The smallest absolute Gasteiger partial charge is 0.251 e.